The third-order valence-electron chi connectivity index (χ3n) is 6.12. The molecule has 0 amide bonds. The summed E-state index contributed by atoms with van der Waals surface area (Å²) in [6.45, 7) is 1.09. The lowest BCUT2D eigenvalue weighted by molar-refractivity contribution is -0.0109. The summed E-state index contributed by atoms with van der Waals surface area (Å²) >= 11 is 1.85. The van der Waals surface area contributed by atoms with Crippen LogP contribution in [0.2, 0.25) is 0 Å². The summed E-state index contributed by atoms with van der Waals surface area (Å²) in [6.07, 6.45) is 8.57. The Kier molecular flexibility index (Phi) is 3.76. The number of nitrogens with zero attached hydrogens (tertiary/aromatic N) is 4. The summed E-state index contributed by atoms with van der Waals surface area (Å²) in [7, 11) is 6.43. The Bertz CT molecular complexity index is 516. The summed E-state index contributed by atoms with van der Waals surface area (Å²) < 4.78 is 2.31. The van der Waals surface area contributed by atoms with Crippen LogP contribution in [0.5, 0.6) is 0 Å². The maximum Gasteiger partial charge on any atom is 0.191 e. The molecule has 0 aliphatic heterocycles. The lowest BCUT2D eigenvalue weighted by atomic mass is 9.49. The normalized spacial score (nSPS) is 36.5. The van der Waals surface area contributed by atoms with Crippen molar-refractivity contribution in [1.82, 2.24) is 19.7 Å². The highest BCUT2D eigenvalue weighted by Crippen LogP contribution is 2.60. The van der Waals surface area contributed by atoms with Gasteiger partial charge >= 0.3 is 0 Å². The molecule has 4 bridgehead atoms. The van der Waals surface area contributed by atoms with Crippen molar-refractivity contribution in [3.05, 3.63) is 5.82 Å². The zero-order valence-electron chi connectivity index (χ0n) is 14.1. The van der Waals surface area contributed by atoms with Gasteiger partial charge in [0.2, 0.25) is 0 Å². The van der Waals surface area contributed by atoms with E-state index < -0.39 is 0 Å². The van der Waals surface area contributed by atoms with Crippen LogP contribution in [-0.4, -0.2) is 46.1 Å². The lowest BCUT2D eigenvalue weighted by Gasteiger charge is -2.56. The van der Waals surface area contributed by atoms with Gasteiger partial charge in [-0.2, -0.15) is 0 Å². The van der Waals surface area contributed by atoms with Crippen LogP contribution in [0.3, 0.4) is 0 Å². The quantitative estimate of drug-likeness (QED) is 0.781. The third kappa shape index (κ3) is 2.50. The fourth-order valence-electron chi connectivity index (χ4n) is 5.61. The molecule has 4 aliphatic rings. The van der Waals surface area contributed by atoms with Crippen LogP contribution in [0.1, 0.15) is 44.3 Å². The van der Waals surface area contributed by atoms with Gasteiger partial charge in [-0.05, 0) is 70.4 Å². The minimum atomic E-state index is 0.358. The first-order valence-corrected chi connectivity index (χ1v) is 9.72. The highest BCUT2D eigenvalue weighted by molar-refractivity contribution is 7.99. The van der Waals surface area contributed by atoms with E-state index in [0.717, 1.165) is 35.2 Å². The van der Waals surface area contributed by atoms with Crippen molar-refractivity contribution in [2.24, 2.45) is 24.8 Å². The maximum absolute atomic E-state index is 4.68. The van der Waals surface area contributed by atoms with Crippen LogP contribution in [-0.2, 0) is 12.5 Å². The van der Waals surface area contributed by atoms with Crippen molar-refractivity contribution in [3.63, 3.8) is 0 Å². The number of rotatable bonds is 5. The van der Waals surface area contributed by atoms with Gasteiger partial charge in [-0.3, -0.25) is 0 Å². The van der Waals surface area contributed by atoms with Gasteiger partial charge < -0.3 is 9.47 Å². The van der Waals surface area contributed by atoms with E-state index in [2.05, 4.69) is 40.8 Å². The smallest absolute Gasteiger partial charge is 0.191 e. The van der Waals surface area contributed by atoms with Crippen molar-refractivity contribution in [2.45, 2.75) is 49.1 Å². The Hall–Kier alpha value is -0.550. The summed E-state index contributed by atoms with van der Waals surface area (Å²) in [6, 6.07) is 0. The molecule has 4 fully saturated rings. The van der Waals surface area contributed by atoms with Crippen LogP contribution in [0, 0.1) is 17.8 Å². The first-order chi connectivity index (χ1) is 10.6. The van der Waals surface area contributed by atoms with Crippen molar-refractivity contribution in [1.29, 1.82) is 0 Å². The topological polar surface area (TPSA) is 34.0 Å². The van der Waals surface area contributed by atoms with E-state index in [1.165, 1.54) is 44.3 Å². The van der Waals surface area contributed by atoms with E-state index in [1.54, 1.807) is 0 Å². The van der Waals surface area contributed by atoms with Crippen LogP contribution in [0.4, 0.5) is 0 Å². The van der Waals surface area contributed by atoms with Gasteiger partial charge in [0, 0.05) is 24.8 Å². The fraction of sp³-hybridized carbons (Fsp3) is 0.882. The van der Waals surface area contributed by atoms with E-state index >= 15 is 0 Å². The number of thioether (sulfide) groups is 1. The first-order valence-electron chi connectivity index (χ1n) is 8.73. The molecule has 0 atom stereocenters. The molecule has 1 heterocycles. The third-order valence-corrected chi connectivity index (χ3v) is 7.12. The lowest BCUT2D eigenvalue weighted by Crippen LogP contribution is -2.49. The van der Waals surface area contributed by atoms with E-state index in [4.69, 9.17) is 0 Å². The molecule has 0 spiro atoms. The summed E-state index contributed by atoms with van der Waals surface area (Å²) in [5, 5.41) is 10.3. The van der Waals surface area contributed by atoms with Crippen molar-refractivity contribution >= 4 is 11.8 Å². The minimum absolute atomic E-state index is 0.358. The fourth-order valence-corrected chi connectivity index (χ4v) is 6.62. The van der Waals surface area contributed by atoms with Crippen molar-refractivity contribution in [2.75, 3.05) is 26.4 Å². The molecule has 0 aromatic carbocycles. The van der Waals surface area contributed by atoms with Gasteiger partial charge in [-0.1, -0.05) is 11.8 Å². The van der Waals surface area contributed by atoms with E-state index in [-0.39, 0.29) is 0 Å². The second-order valence-electron chi connectivity index (χ2n) is 8.21. The number of hydrogen-bond donors (Lipinski definition) is 0. The Morgan fingerprint density at radius 2 is 1.68 bits per heavy atom. The molecule has 5 rings (SSSR count). The molecule has 5 heteroatoms. The molecule has 1 aromatic rings. The zero-order chi connectivity index (χ0) is 15.3. The summed E-state index contributed by atoms with van der Waals surface area (Å²) in [4.78, 5) is 2.23. The molecule has 122 valence electrons. The summed E-state index contributed by atoms with van der Waals surface area (Å²) in [5.41, 5.74) is 0.358. The standard InChI is InChI=1S/C17H28N4S/c1-20(2)4-5-22-16-19-18-15(21(16)3)17-9-12-6-13(10-17)8-14(7-12)11-17/h12-14H,4-11H2,1-3H3. The van der Waals surface area contributed by atoms with Gasteiger partial charge in [0.1, 0.15) is 5.82 Å². The van der Waals surface area contributed by atoms with Gasteiger partial charge in [-0.15, -0.1) is 10.2 Å². The first kappa shape index (κ1) is 15.0. The molecular weight excluding hydrogens is 292 g/mol. The molecular formula is C17H28N4S. The van der Waals surface area contributed by atoms with E-state index in [9.17, 15) is 0 Å². The van der Waals surface area contributed by atoms with Crippen molar-refractivity contribution < 1.29 is 0 Å². The highest BCUT2D eigenvalue weighted by atomic mass is 32.2. The molecule has 4 aliphatic carbocycles. The number of aromatic nitrogens is 3. The molecule has 0 N–H and O–H groups in total. The van der Waals surface area contributed by atoms with Crippen LogP contribution >= 0.6 is 11.8 Å². The Labute approximate surface area is 138 Å². The second kappa shape index (κ2) is 5.52. The number of hydrogen-bond acceptors (Lipinski definition) is 4. The molecule has 0 radical (unpaired) electrons. The van der Waals surface area contributed by atoms with Gasteiger partial charge in [0.05, 0.1) is 0 Å². The molecule has 4 saturated carbocycles. The monoisotopic (exact) mass is 320 g/mol. The average Bonchev–Trinajstić information content (AvgIpc) is 2.79. The maximum atomic E-state index is 4.68. The van der Waals surface area contributed by atoms with Crippen LogP contribution in [0.15, 0.2) is 5.16 Å². The Balaban J connectivity index is 1.54. The Morgan fingerprint density at radius 1 is 1.09 bits per heavy atom. The molecule has 0 saturated heterocycles. The van der Waals surface area contributed by atoms with Gasteiger partial charge in [0.15, 0.2) is 5.16 Å². The van der Waals surface area contributed by atoms with Crippen LogP contribution in [0.25, 0.3) is 0 Å². The van der Waals surface area contributed by atoms with Crippen molar-refractivity contribution in [3.8, 4) is 0 Å². The molecule has 22 heavy (non-hydrogen) atoms. The SMILES string of the molecule is CN(C)CCSc1nnc(C23CC4CC(CC(C4)C2)C3)n1C. The largest absolute Gasteiger partial charge is 0.309 e. The second-order valence-corrected chi connectivity index (χ2v) is 9.28. The Morgan fingerprint density at radius 3 is 2.23 bits per heavy atom. The average molecular weight is 321 g/mol. The molecule has 0 unspecified atom stereocenters. The zero-order valence-corrected chi connectivity index (χ0v) is 14.9. The minimum Gasteiger partial charge on any atom is -0.309 e. The van der Waals surface area contributed by atoms with E-state index in [1.807, 2.05) is 11.8 Å². The predicted octanol–water partition coefficient (Wildman–Crippen LogP) is 2.94. The van der Waals surface area contributed by atoms with Gasteiger partial charge in [0.25, 0.3) is 0 Å². The van der Waals surface area contributed by atoms with Gasteiger partial charge in [-0.25, -0.2) is 0 Å². The predicted molar refractivity (Wildman–Crippen MR) is 90.1 cm³/mol. The molecule has 1 aromatic heterocycles. The molecule has 4 nitrogen and oxygen atoms in total. The van der Waals surface area contributed by atoms with E-state index in [0.29, 0.717) is 5.41 Å². The van der Waals surface area contributed by atoms with Crippen LogP contribution < -0.4 is 0 Å². The summed E-state index contributed by atoms with van der Waals surface area (Å²) in [5.74, 6) is 5.27. The highest BCUT2D eigenvalue weighted by Gasteiger charge is 2.53.